The molecule has 3 unspecified atom stereocenters. The van der Waals surface area contributed by atoms with Gasteiger partial charge in [-0.2, -0.15) is 0 Å². The molecule has 2 aliphatic rings. The number of piperidine rings is 1. The summed E-state index contributed by atoms with van der Waals surface area (Å²) in [6.07, 6.45) is 3.90. The van der Waals surface area contributed by atoms with Gasteiger partial charge in [-0.3, -0.25) is 9.59 Å². The van der Waals surface area contributed by atoms with Crippen molar-refractivity contribution < 1.29 is 14.7 Å². The van der Waals surface area contributed by atoms with Gasteiger partial charge in [-0.05, 0) is 31.1 Å². The van der Waals surface area contributed by atoms with Crippen molar-refractivity contribution in [3.8, 4) is 0 Å². The van der Waals surface area contributed by atoms with Crippen molar-refractivity contribution in [1.82, 2.24) is 4.90 Å². The van der Waals surface area contributed by atoms with Crippen LogP contribution in [0.1, 0.15) is 46.5 Å². The number of carbonyl (C=O) groups is 2. The Morgan fingerprint density at radius 1 is 1.44 bits per heavy atom. The van der Waals surface area contributed by atoms with E-state index in [1.807, 2.05) is 18.7 Å². The van der Waals surface area contributed by atoms with Crippen LogP contribution in [0.4, 0.5) is 0 Å². The van der Waals surface area contributed by atoms with Crippen LogP contribution in [0.3, 0.4) is 0 Å². The minimum absolute atomic E-state index is 0.0598. The second-order valence-corrected chi connectivity index (χ2v) is 6.47. The first-order chi connectivity index (χ1) is 8.34. The van der Waals surface area contributed by atoms with Crippen LogP contribution >= 0.6 is 0 Å². The standard InChI is InChI=1S/C14H23NO3/c1-9-7-11(16)15(8-14(3)5-4-6-14)10(2)12(9)13(17)18/h9-10,12H,4-8H2,1-3H3,(H,17,18). The Bertz CT molecular complexity index is 362. The van der Waals surface area contributed by atoms with Gasteiger partial charge in [0.05, 0.1) is 5.92 Å². The predicted octanol–water partition coefficient (Wildman–Crippen LogP) is 2.13. The van der Waals surface area contributed by atoms with Gasteiger partial charge in [0.2, 0.25) is 5.91 Å². The second kappa shape index (κ2) is 4.56. The number of hydrogen-bond acceptors (Lipinski definition) is 2. The summed E-state index contributed by atoms with van der Waals surface area (Å²) in [5, 5.41) is 9.31. The molecule has 2 rings (SSSR count). The Balaban J connectivity index is 2.13. The number of nitrogens with zero attached hydrogens (tertiary/aromatic N) is 1. The van der Waals surface area contributed by atoms with Crippen LogP contribution in [0.15, 0.2) is 0 Å². The summed E-state index contributed by atoms with van der Waals surface area (Å²) >= 11 is 0. The van der Waals surface area contributed by atoms with Gasteiger partial charge in [0, 0.05) is 19.0 Å². The van der Waals surface area contributed by atoms with Crippen LogP contribution in [0.25, 0.3) is 0 Å². The van der Waals surface area contributed by atoms with Gasteiger partial charge in [-0.25, -0.2) is 0 Å². The van der Waals surface area contributed by atoms with Crippen LogP contribution in [0.2, 0.25) is 0 Å². The van der Waals surface area contributed by atoms with Crippen LogP contribution in [0.5, 0.6) is 0 Å². The van der Waals surface area contributed by atoms with E-state index in [0.717, 1.165) is 19.4 Å². The Morgan fingerprint density at radius 2 is 2.06 bits per heavy atom. The molecule has 1 saturated heterocycles. The third-order valence-electron chi connectivity index (χ3n) is 4.84. The van der Waals surface area contributed by atoms with E-state index in [0.29, 0.717) is 6.42 Å². The minimum atomic E-state index is -0.772. The zero-order valence-electron chi connectivity index (χ0n) is 11.5. The van der Waals surface area contributed by atoms with E-state index in [1.165, 1.54) is 6.42 Å². The monoisotopic (exact) mass is 253 g/mol. The second-order valence-electron chi connectivity index (χ2n) is 6.47. The molecule has 4 heteroatoms. The lowest BCUT2D eigenvalue weighted by atomic mass is 9.69. The maximum atomic E-state index is 12.1. The lowest BCUT2D eigenvalue weighted by Gasteiger charge is -2.48. The molecule has 1 aliphatic heterocycles. The van der Waals surface area contributed by atoms with Gasteiger partial charge >= 0.3 is 5.97 Å². The first-order valence-electron chi connectivity index (χ1n) is 6.86. The number of carboxylic acids is 1. The molecule has 0 spiro atoms. The maximum absolute atomic E-state index is 12.1. The summed E-state index contributed by atoms with van der Waals surface area (Å²) < 4.78 is 0. The van der Waals surface area contributed by atoms with Crippen molar-refractivity contribution in [1.29, 1.82) is 0 Å². The van der Waals surface area contributed by atoms with Gasteiger partial charge in [-0.1, -0.05) is 20.3 Å². The fourth-order valence-corrected chi connectivity index (χ4v) is 3.45. The summed E-state index contributed by atoms with van der Waals surface area (Å²) in [4.78, 5) is 25.3. The zero-order chi connectivity index (χ0) is 13.5. The van der Waals surface area contributed by atoms with Crippen molar-refractivity contribution in [3.05, 3.63) is 0 Å². The average molecular weight is 253 g/mol. The molecule has 0 aromatic carbocycles. The normalized spacial score (nSPS) is 35.2. The molecule has 0 aromatic rings. The van der Waals surface area contributed by atoms with E-state index in [9.17, 15) is 14.7 Å². The van der Waals surface area contributed by atoms with Crippen molar-refractivity contribution in [2.75, 3.05) is 6.54 Å². The van der Waals surface area contributed by atoms with Crippen LogP contribution in [-0.4, -0.2) is 34.5 Å². The highest BCUT2D eigenvalue weighted by Gasteiger charge is 2.44. The lowest BCUT2D eigenvalue weighted by Crippen LogP contribution is -2.56. The maximum Gasteiger partial charge on any atom is 0.308 e. The van der Waals surface area contributed by atoms with Gasteiger partial charge < -0.3 is 10.0 Å². The van der Waals surface area contributed by atoms with Gasteiger partial charge in [-0.15, -0.1) is 0 Å². The fourth-order valence-electron chi connectivity index (χ4n) is 3.45. The number of aliphatic carboxylic acids is 1. The highest BCUT2D eigenvalue weighted by atomic mass is 16.4. The van der Waals surface area contributed by atoms with E-state index in [1.54, 1.807) is 0 Å². The molecule has 102 valence electrons. The summed E-state index contributed by atoms with van der Waals surface area (Å²) in [6.45, 7) is 6.68. The molecule has 1 saturated carbocycles. The third kappa shape index (κ3) is 2.25. The summed E-state index contributed by atoms with van der Waals surface area (Å²) in [6, 6.07) is -0.184. The van der Waals surface area contributed by atoms with Crippen molar-refractivity contribution in [2.45, 2.75) is 52.5 Å². The number of likely N-dealkylation sites (tertiary alicyclic amines) is 1. The smallest absolute Gasteiger partial charge is 0.308 e. The van der Waals surface area contributed by atoms with Crippen LogP contribution in [0, 0.1) is 17.3 Å². The molecule has 1 heterocycles. The molecule has 0 aromatic heterocycles. The Labute approximate surface area is 108 Å². The zero-order valence-corrected chi connectivity index (χ0v) is 11.5. The molecular weight excluding hydrogens is 230 g/mol. The molecule has 3 atom stereocenters. The average Bonchev–Trinajstić information content (AvgIpc) is 2.20. The molecule has 4 nitrogen and oxygen atoms in total. The Morgan fingerprint density at radius 3 is 2.50 bits per heavy atom. The number of carboxylic acid groups (broad SMARTS) is 1. The molecule has 18 heavy (non-hydrogen) atoms. The van der Waals surface area contributed by atoms with E-state index >= 15 is 0 Å². The predicted molar refractivity (Wildman–Crippen MR) is 68.0 cm³/mol. The molecule has 2 fully saturated rings. The number of hydrogen-bond donors (Lipinski definition) is 1. The fraction of sp³-hybridized carbons (Fsp3) is 0.857. The molecule has 0 bridgehead atoms. The summed E-state index contributed by atoms with van der Waals surface area (Å²) in [5.41, 5.74) is 0.216. The molecule has 0 radical (unpaired) electrons. The van der Waals surface area contributed by atoms with E-state index in [4.69, 9.17) is 0 Å². The highest BCUT2D eigenvalue weighted by molar-refractivity contribution is 5.81. The third-order valence-corrected chi connectivity index (χ3v) is 4.84. The van der Waals surface area contributed by atoms with Gasteiger partial charge in [0.25, 0.3) is 0 Å². The Hall–Kier alpha value is -1.06. The number of rotatable bonds is 3. The molecular formula is C14H23NO3. The first-order valence-corrected chi connectivity index (χ1v) is 6.86. The minimum Gasteiger partial charge on any atom is -0.481 e. The summed E-state index contributed by atoms with van der Waals surface area (Å²) in [5.74, 6) is -1.13. The topological polar surface area (TPSA) is 57.6 Å². The Kier molecular flexibility index (Phi) is 3.39. The van der Waals surface area contributed by atoms with Crippen molar-refractivity contribution in [2.24, 2.45) is 17.3 Å². The van der Waals surface area contributed by atoms with E-state index in [2.05, 4.69) is 6.92 Å². The van der Waals surface area contributed by atoms with Crippen molar-refractivity contribution in [3.63, 3.8) is 0 Å². The largest absolute Gasteiger partial charge is 0.481 e. The number of amides is 1. The number of carbonyl (C=O) groups excluding carboxylic acids is 1. The summed E-state index contributed by atoms with van der Waals surface area (Å²) in [7, 11) is 0. The van der Waals surface area contributed by atoms with Crippen LogP contribution in [-0.2, 0) is 9.59 Å². The SMILES string of the molecule is CC1CC(=O)N(CC2(C)CCC2)C(C)C1C(=O)O. The highest BCUT2D eigenvalue weighted by Crippen LogP contribution is 2.43. The molecule has 1 aliphatic carbocycles. The van der Waals surface area contributed by atoms with E-state index in [-0.39, 0.29) is 23.3 Å². The van der Waals surface area contributed by atoms with Crippen molar-refractivity contribution >= 4 is 11.9 Å². The van der Waals surface area contributed by atoms with Gasteiger partial charge in [0.15, 0.2) is 0 Å². The molecule has 1 N–H and O–H groups in total. The first kappa shape index (κ1) is 13.4. The van der Waals surface area contributed by atoms with Gasteiger partial charge in [0.1, 0.15) is 0 Å². The van der Waals surface area contributed by atoms with Crippen LogP contribution < -0.4 is 0 Å². The quantitative estimate of drug-likeness (QED) is 0.838. The lowest BCUT2D eigenvalue weighted by molar-refractivity contribution is -0.156. The van der Waals surface area contributed by atoms with E-state index < -0.39 is 11.9 Å². The molecule has 1 amide bonds.